The summed E-state index contributed by atoms with van der Waals surface area (Å²) in [6.07, 6.45) is 8.00. The van der Waals surface area contributed by atoms with Gasteiger partial charge in [0.2, 0.25) is 5.91 Å². The zero-order valence-electron chi connectivity index (χ0n) is 18.5. The highest BCUT2D eigenvalue weighted by Crippen LogP contribution is 2.27. The van der Waals surface area contributed by atoms with E-state index in [1.165, 1.54) is 40.8 Å². The number of benzene rings is 1. The molecule has 1 aromatic carbocycles. The molecule has 3 N–H and O–H groups in total. The normalized spacial score (nSPS) is 12.7. The Bertz CT molecular complexity index is 1130. The molecule has 2 heterocycles. The standard InChI is InChI=1S/C21H26ClN9O2.ClH/c22-17-4-5-18(31-14-27-28-29-31)16(10-17)12-26-19(32)13-30-9-8-25-20(21(30)33)24-7-1-6-23-11-15-2-3-15;/h4-5,8-10,14-15,23H,1-3,6-7,11-13H2,(H,24,25)(H,26,32);1H. The lowest BCUT2D eigenvalue weighted by atomic mass is 10.1. The van der Waals surface area contributed by atoms with Crippen LogP contribution in [-0.4, -0.2) is 55.3 Å². The number of aromatic nitrogens is 6. The molecule has 0 aliphatic heterocycles. The van der Waals surface area contributed by atoms with E-state index in [0.29, 0.717) is 17.3 Å². The summed E-state index contributed by atoms with van der Waals surface area (Å²) in [5, 5.41) is 21.0. The van der Waals surface area contributed by atoms with Crippen molar-refractivity contribution < 1.29 is 4.79 Å². The number of hydrogen-bond donors (Lipinski definition) is 3. The van der Waals surface area contributed by atoms with Gasteiger partial charge in [-0.15, -0.1) is 17.5 Å². The van der Waals surface area contributed by atoms with Gasteiger partial charge >= 0.3 is 0 Å². The number of tetrazole rings is 1. The molecule has 0 saturated heterocycles. The van der Waals surface area contributed by atoms with E-state index in [9.17, 15) is 9.59 Å². The summed E-state index contributed by atoms with van der Waals surface area (Å²) in [6, 6.07) is 5.23. The van der Waals surface area contributed by atoms with Crippen molar-refractivity contribution in [1.82, 2.24) is 40.4 Å². The van der Waals surface area contributed by atoms with Crippen molar-refractivity contribution in [2.24, 2.45) is 5.92 Å². The average Bonchev–Trinajstić information content (AvgIpc) is 3.47. The van der Waals surface area contributed by atoms with E-state index in [1.54, 1.807) is 18.2 Å². The Morgan fingerprint density at radius 1 is 1.24 bits per heavy atom. The number of anilines is 1. The van der Waals surface area contributed by atoms with E-state index in [0.717, 1.165) is 31.0 Å². The summed E-state index contributed by atoms with van der Waals surface area (Å²) in [6.45, 7) is 2.67. The predicted octanol–water partition coefficient (Wildman–Crippen LogP) is 1.41. The summed E-state index contributed by atoms with van der Waals surface area (Å²) < 4.78 is 2.82. The van der Waals surface area contributed by atoms with Crippen LogP contribution >= 0.6 is 24.0 Å². The molecule has 3 aromatic rings. The lowest BCUT2D eigenvalue weighted by molar-refractivity contribution is -0.121. The molecule has 0 radical (unpaired) electrons. The third kappa shape index (κ3) is 7.24. The highest BCUT2D eigenvalue weighted by Gasteiger charge is 2.19. The fourth-order valence-electron chi connectivity index (χ4n) is 3.34. The predicted molar refractivity (Wildman–Crippen MR) is 130 cm³/mol. The van der Waals surface area contributed by atoms with E-state index >= 15 is 0 Å². The molecule has 1 aliphatic rings. The molecule has 0 spiro atoms. The van der Waals surface area contributed by atoms with Gasteiger partial charge in [-0.05, 0) is 72.5 Å². The SMILES string of the molecule is Cl.O=C(Cn1ccnc(NCCCNCC2CC2)c1=O)NCc1cc(Cl)ccc1-n1cnnn1. The van der Waals surface area contributed by atoms with Crippen LogP contribution in [0, 0.1) is 5.92 Å². The largest absolute Gasteiger partial charge is 0.365 e. The van der Waals surface area contributed by atoms with E-state index in [2.05, 4.69) is 36.5 Å². The zero-order valence-corrected chi connectivity index (χ0v) is 20.1. The molecule has 1 fully saturated rings. The van der Waals surface area contributed by atoms with Gasteiger partial charge in [-0.3, -0.25) is 9.59 Å². The van der Waals surface area contributed by atoms with Crippen LogP contribution in [0.3, 0.4) is 0 Å². The molecule has 1 saturated carbocycles. The highest BCUT2D eigenvalue weighted by atomic mass is 35.5. The molecule has 2 aromatic heterocycles. The summed E-state index contributed by atoms with van der Waals surface area (Å²) in [7, 11) is 0. The summed E-state index contributed by atoms with van der Waals surface area (Å²) in [4.78, 5) is 29.3. The van der Waals surface area contributed by atoms with Gasteiger partial charge in [0.25, 0.3) is 5.56 Å². The third-order valence-corrected chi connectivity index (χ3v) is 5.53. The minimum atomic E-state index is -0.337. The Hall–Kier alpha value is -3.02. The molecular formula is C21H27Cl2N9O2. The molecule has 0 bridgehead atoms. The number of nitrogens with one attached hydrogen (secondary N) is 3. The molecule has 34 heavy (non-hydrogen) atoms. The van der Waals surface area contributed by atoms with Crippen molar-refractivity contribution in [3.63, 3.8) is 0 Å². The minimum absolute atomic E-state index is 0. The Kier molecular flexibility index (Phi) is 9.37. The van der Waals surface area contributed by atoms with Gasteiger partial charge in [-0.1, -0.05) is 11.6 Å². The number of halogens is 2. The van der Waals surface area contributed by atoms with Crippen LogP contribution in [0.2, 0.25) is 5.02 Å². The van der Waals surface area contributed by atoms with E-state index in [4.69, 9.17) is 11.6 Å². The van der Waals surface area contributed by atoms with Gasteiger partial charge in [0.05, 0.1) is 5.69 Å². The van der Waals surface area contributed by atoms with E-state index in [-0.39, 0.29) is 42.8 Å². The molecule has 1 amide bonds. The maximum absolute atomic E-state index is 12.6. The second-order valence-electron chi connectivity index (χ2n) is 7.94. The van der Waals surface area contributed by atoms with E-state index in [1.807, 2.05) is 0 Å². The maximum Gasteiger partial charge on any atom is 0.293 e. The fourth-order valence-corrected chi connectivity index (χ4v) is 3.53. The van der Waals surface area contributed by atoms with Gasteiger partial charge in [0.1, 0.15) is 12.9 Å². The second-order valence-corrected chi connectivity index (χ2v) is 8.38. The lowest BCUT2D eigenvalue weighted by Gasteiger charge is -2.12. The summed E-state index contributed by atoms with van der Waals surface area (Å²) in [5.41, 5.74) is 1.10. The Morgan fingerprint density at radius 3 is 2.85 bits per heavy atom. The number of nitrogens with zero attached hydrogens (tertiary/aromatic N) is 6. The Balaban J connectivity index is 0.00000324. The summed E-state index contributed by atoms with van der Waals surface area (Å²) in [5.74, 6) is 0.765. The number of hydrogen-bond acceptors (Lipinski definition) is 8. The molecule has 182 valence electrons. The number of rotatable bonds is 12. The molecule has 0 unspecified atom stereocenters. The minimum Gasteiger partial charge on any atom is -0.365 e. The van der Waals surface area contributed by atoms with Gasteiger partial charge in [-0.2, -0.15) is 0 Å². The van der Waals surface area contributed by atoms with Gasteiger partial charge in [0, 0.05) is 30.5 Å². The van der Waals surface area contributed by atoms with Crippen molar-refractivity contribution >= 4 is 35.7 Å². The Morgan fingerprint density at radius 2 is 2.09 bits per heavy atom. The van der Waals surface area contributed by atoms with Crippen LogP contribution in [0.25, 0.3) is 5.69 Å². The lowest BCUT2D eigenvalue weighted by Crippen LogP contribution is -2.33. The quantitative estimate of drug-likeness (QED) is 0.313. The molecule has 4 rings (SSSR count). The van der Waals surface area contributed by atoms with Crippen molar-refractivity contribution in [3.05, 3.63) is 57.9 Å². The first kappa shape index (κ1) is 25.6. The van der Waals surface area contributed by atoms with Crippen LogP contribution in [0.15, 0.2) is 41.7 Å². The van der Waals surface area contributed by atoms with Gasteiger partial charge in [-0.25, -0.2) is 9.67 Å². The number of amides is 1. The monoisotopic (exact) mass is 507 g/mol. The molecule has 11 nitrogen and oxygen atoms in total. The highest BCUT2D eigenvalue weighted by molar-refractivity contribution is 6.30. The first-order valence-corrected chi connectivity index (χ1v) is 11.3. The maximum atomic E-state index is 12.6. The first-order chi connectivity index (χ1) is 16.1. The van der Waals surface area contributed by atoms with Crippen molar-refractivity contribution in [2.45, 2.75) is 32.4 Å². The smallest absolute Gasteiger partial charge is 0.293 e. The number of carbonyl (C=O) groups excluding carboxylic acids is 1. The van der Waals surface area contributed by atoms with Crippen LogP contribution in [0.1, 0.15) is 24.8 Å². The average molecular weight is 508 g/mol. The first-order valence-electron chi connectivity index (χ1n) is 10.9. The number of carbonyl (C=O) groups is 1. The molecule has 13 heteroatoms. The topological polar surface area (TPSA) is 132 Å². The molecular weight excluding hydrogens is 481 g/mol. The van der Waals surface area contributed by atoms with Crippen LogP contribution in [-0.2, 0) is 17.9 Å². The fraction of sp³-hybridized carbons (Fsp3) is 0.429. The van der Waals surface area contributed by atoms with Crippen LogP contribution in [0.4, 0.5) is 5.82 Å². The van der Waals surface area contributed by atoms with Crippen molar-refractivity contribution in [3.8, 4) is 5.69 Å². The van der Waals surface area contributed by atoms with Gasteiger partial charge in [0.15, 0.2) is 5.82 Å². The molecule has 0 atom stereocenters. The van der Waals surface area contributed by atoms with E-state index < -0.39 is 0 Å². The van der Waals surface area contributed by atoms with Crippen molar-refractivity contribution in [2.75, 3.05) is 25.0 Å². The second kappa shape index (κ2) is 12.4. The van der Waals surface area contributed by atoms with Gasteiger partial charge < -0.3 is 20.5 Å². The Labute approximate surface area is 207 Å². The van der Waals surface area contributed by atoms with Crippen molar-refractivity contribution in [1.29, 1.82) is 0 Å². The van der Waals surface area contributed by atoms with Crippen LogP contribution in [0.5, 0.6) is 0 Å². The zero-order chi connectivity index (χ0) is 23.0. The molecule has 1 aliphatic carbocycles. The summed E-state index contributed by atoms with van der Waals surface area (Å²) >= 11 is 6.11. The third-order valence-electron chi connectivity index (χ3n) is 5.29. The van der Waals surface area contributed by atoms with Crippen LogP contribution < -0.4 is 21.5 Å².